The number of aromatic nitrogens is 2. The number of unbranched alkanes of at least 4 members (excludes halogenated alkanes) is 8. The highest BCUT2D eigenvalue weighted by atomic mass is 16.3. The monoisotopic (exact) mass is 384 g/mol. The van der Waals surface area contributed by atoms with Crippen molar-refractivity contribution in [3.05, 3.63) is 35.7 Å². The number of aryl methyl sites for hydroxylation is 2. The van der Waals surface area contributed by atoms with Crippen LogP contribution < -0.4 is 0 Å². The maximum Gasteiger partial charge on any atom is 0.143 e. The largest absolute Gasteiger partial charge is 0.506 e. The molecule has 0 saturated carbocycles. The molecule has 28 heavy (non-hydrogen) atoms. The average molecular weight is 385 g/mol. The Hall–Kier alpha value is -2.10. The summed E-state index contributed by atoms with van der Waals surface area (Å²) in [5.74, 6) is 0.134. The predicted octanol–water partition coefficient (Wildman–Crippen LogP) is 6.58. The van der Waals surface area contributed by atoms with Gasteiger partial charge in [-0.05, 0) is 49.9 Å². The first-order valence-electron chi connectivity index (χ1n) is 11.0. The molecule has 0 saturated heterocycles. The molecule has 154 valence electrons. The van der Waals surface area contributed by atoms with Crippen LogP contribution in [0.1, 0.15) is 89.4 Å². The van der Waals surface area contributed by atoms with Crippen molar-refractivity contribution in [2.45, 2.75) is 90.9 Å². The van der Waals surface area contributed by atoms with Gasteiger partial charge in [0.15, 0.2) is 0 Å². The Morgan fingerprint density at radius 1 is 0.571 bits per heavy atom. The highest BCUT2D eigenvalue weighted by molar-refractivity contribution is 5.68. The van der Waals surface area contributed by atoms with Crippen LogP contribution in [0.3, 0.4) is 0 Å². The Morgan fingerprint density at radius 2 is 0.964 bits per heavy atom. The van der Waals surface area contributed by atoms with E-state index in [0.717, 1.165) is 37.1 Å². The van der Waals surface area contributed by atoms with E-state index in [1.807, 2.05) is 12.1 Å². The van der Waals surface area contributed by atoms with Crippen LogP contribution in [0.5, 0.6) is 11.5 Å². The van der Waals surface area contributed by atoms with Gasteiger partial charge in [0.25, 0.3) is 0 Å². The molecule has 0 spiro atoms. The van der Waals surface area contributed by atoms with E-state index in [9.17, 15) is 10.2 Å². The molecular weight excluding hydrogens is 348 g/mol. The molecule has 2 N–H and O–H groups in total. The maximum atomic E-state index is 10.3. The summed E-state index contributed by atoms with van der Waals surface area (Å²) in [6.45, 7) is 4.43. The number of rotatable bonds is 13. The van der Waals surface area contributed by atoms with Crippen LogP contribution in [0.2, 0.25) is 0 Å². The minimum atomic E-state index is 0.0672. The molecule has 0 aliphatic heterocycles. The molecule has 0 unspecified atom stereocenters. The summed E-state index contributed by atoms with van der Waals surface area (Å²) in [6, 6.07) is 7.07. The first kappa shape index (κ1) is 22.2. The minimum Gasteiger partial charge on any atom is -0.506 e. The van der Waals surface area contributed by atoms with E-state index in [4.69, 9.17) is 0 Å². The van der Waals surface area contributed by atoms with E-state index in [-0.39, 0.29) is 11.5 Å². The van der Waals surface area contributed by atoms with Crippen LogP contribution in [-0.4, -0.2) is 20.2 Å². The fraction of sp³-hybridized carbons (Fsp3) is 0.583. The summed E-state index contributed by atoms with van der Waals surface area (Å²) in [4.78, 5) is 9.22. The zero-order chi connectivity index (χ0) is 20.2. The predicted molar refractivity (Wildman–Crippen MR) is 116 cm³/mol. The normalized spacial score (nSPS) is 11.1. The van der Waals surface area contributed by atoms with Crippen LogP contribution in [0.25, 0.3) is 11.4 Å². The van der Waals surface area contributed by atoms with E-state index in [0.29, 0.717) is 11.4 Å². The maximum absolute atomic E-state index is 10.3. The van der Waals surface area contributed by atoms with E-state index in [1.54, 1.807) is 12.1 Å². The van der Waals surface area contributed by atoms with Crippen molar-refractivity contribution in [3.63, 3.8) is 0 Å². The van der Waals surface area contributed by atoms with Gasteiger partial charge in [0.1, 0.15) is 22.9 Å². The average Bonchev–Trinajstić information content (AvgIpc) is 2.70. The molecule has 2 aromatic rings. The second kappa shape index (κ2) is 12.4. The van der Waals surface area contributed by atoms with Gasteiger partial charge in [0.05, 0.1) is 0 Å². The summed E-state index contributed by atoms with van der Waals surface area (Å²) in [5.41, 5.74) is 2.65. The number of hydrogen-bond acceptors (Lipinski definition) is 4. The van der Waals surface area contributed by atoms with Crippen LogP contribution in [-0.2, 0) is 12.8 Å². The van der Waals surface area contributed by atoms with Crippen LogP contribution in [0.15, 0.2) is 24.3 Å². The van der Waals surface area contributed by atoms with Crippen molar-refractivity contribution in [3.8, 4) is 22.9 Å². The molecule has 0 bridgehead atoms. The molecule has 2 rings (SSSR count). The molecule has 2 heterocycles. The van der Waals surface area contributed by atoms with Crippen LogP contribution >= 0.6 is 0 Å². The smallest absolute Gasteiger partial charge is 0.143 e. The topological polar surface area (TPSA) is 66.2 Å². The number of nitrogens with zero attached hydrogens (tertiary/aromatic N) is 2. The van der Waals surface area contributed by atoms with Gasteiger partial charge >= 0.3 is 0 Å². The van der Waals surface area contributed by atoms with Gasteiger partial charge in [-0.25, -0.2) is 9.97 Å². The first-order valence-corrected chi connectivity index (χ1v) is 11.0. The van der Waals surface area contributed by atoms with Gasteiger partial charge < -0.3 is 10.2 Å². The second-order valence-electron chi connectivity index (χ2n) is 7.67. The molecule has 0 atom stereocenters. The van der Waals surface area contributed by atoms with Crippen molar-refractivity contribution in [1.29, 1.82) is 0 Å². The fourth-order valence-corrected chi connectivity index (χ4v) is 3.43. The van der Waals surface area contributed by atoms with Gasteiger partial charge in [-0.1, -0.05) is 65.2 Å². The third-order valence-corrected chi connectivity index (χ3v) is 5.16. The third-order valence-electron chi connectivity index (χ3n) is 5.16. The van der Waals surface area contributed by atoms with Crippen molar-refractivity contribution < 1.29 is 10.2 Å². The zero-order valence-electron chi connectivity index (χ0n) is 17.6. The summed E-state index contributed by atoms with van der Waals surface area (Å²) < 4.78 is 0. The number of hydrogen-bond donors (Lipinski definition) is 2. The van der Waals surface area contributed by atoms with Gasteiger partial charge in [0, 0.05) is 11.4 Å². The molecule has 0 radical (unpaired) electrons. The molecule has 4 nitrogen and oxygen atoms in total. The Kier molecular flexibility index (Phi) is 9.81. The van der Waals surface area contributed by atoms with Crippen LogP contribution in [0, 0.1) is 0 Å². The van der Waals surface area contributed by atoms with E-state index >= 15 is 0 Å². The van der Waals surface area contributed by atoms with E-state index in [2.05, 4.69) is 23.8 Å². The van der Waals surface area contributed by atoms with Gasteiger partial charge in [-0.2, -0.15) is 0 Å². The zero-order valence-corrected chi connectivity index (χ0v) is 17.6. The molecular formula is C24H36N2O2. The molecule has 0 fully saturated rings. The van der Waals surface area contributed by atoms with Crippen molar-refractivity contribution in [1.82, 2.24) is 9.97 Å². The third kappa shape index (κ3) is 7.14. The second-order valence-corrected chi connectivity index (χ2v) is 7.67. The highest BCUT2D eigenvalue weighted by Crippen LogP contribution is 2.32. The molecule has 0 aromatic carbocycles. The van der Waals surface area contributed by atoms with Crippen LogP contribution in [0.4, 0.5) is 0 Å². The molecule has 0 aliphatic rings. The van der Waals surface area contributed by atoms with Crippen molar-refractivity contribution in [2.75, 3.05) is 0 Å². The summed E-state index contributed by atoms with van der Waals surface area (Å²) in [7, 11) is 0. The standard InChI is InChI=1S/C24H36N2O2/c1-3-5-7-9-11-13-19-15-17-21(27)23(25-19)24-22(28)18-16-20(26-24)14-12-10-8-6-4-2/h15-18,27-28H,3-14H2,1-2H3. The van der Waals surface area contributed by atoms with E-state index in [1.165, 1.54) is 51.4 Å². The lowest BCUT2D eigenvalue weighted by atomic mass is 10.1. The number of aromatic hydroxyl groups is 2. The van der Waals surface area contributed by atoms with Gasteiger partial charge in [-0.3, -0.25) is 0 Å². The Morgan fingerprint density at radius 3 is 1.36 bits per heavy atom. The summed E-state index contributed by atoms with van der Waals surface area (Å²) in [6.07, 6.45) is 13.9. The lowest BCUT2D eigenvalue weighted by Crippen LogP contribution is -1.98. The lowest BCUT2D eigenvalue weighted by molar-refractivity contribution is 0.464. The summed E-state index contributed by atoms with van der Waals surface area (Å²) >= 11 is 0. The van der Waals surface area contributed by atoms with Crippen molar-refractivity contribution in [2.24, 2.45) is 0 Å². The first-order chi connectivity index (χ1) is 13.7. The molecule has 4 heteroatoms. The Labute approximate surface area is 170 Å². The SMILES string of the molecule is CCCCCCCc1ccc(O)c(-c2nc(CCCCCCC)ccc2O)n1. The number of pyridine rings is 2. The lowest BCUT2D eigenvalue weighted by Gasteiger charge is -2.10. The minimum absolute atomic E-state index is 0.0672. The quantitative estimate of drug-likeness (QED) is 0.383. The van der Waals surface area contributed by atoms with Gasteiger partial charge in [-0.15, -0.1) is 0 Å². The molecule has 2 aromatic heterocycles. The summed E-state index contributed by atoms with van der Waals surface area (Å²) in [5, 5.41) is 20.6. The fourth-order valence-electron chi connectivity index (χ4n) is 3.43. The van der Waals surface area contributed by atoms with E-state index < -0.39 is 0 Å². The molecule has 0 amide bonds. The van der Waals surface area contributed by atoms with Crippen molar-refractivity contribution >= 4 is 0 Å². The Bertz CT molecular complexity index is 654. The van der Waals surface area contributed by atoms with Gasteiger partial charge in [0.2, 0.25) is 0 Å². The highest BCUT2D eigenvalue weighted by Gasteiger charge is 2.14. The molecule has 0 aliphatic carbocycles. The Balaban J connectivity index is 2.05.